The zero-order valence-corrected chi connectivity index (χ0v) is 9.33. The van der Waals surface area contributed by atoms with E-state index in [9.17, 15) is 9.18 Å². The minimum atomic E-state index is -0.521. The van der Waals surface area contributed by atoms with Gasteiger partial charge in [-0.1, -0.05) is 11.6 Å². The predicted octanol–water partition coefficient (Wildman–Crippen LogP) is 1.79. The molecule has 0 aliphatic rings. The Kier molecular flexibility index (Phi) is 3.18. The molecule has 0 unspecified atom stereocenters. The first-order valence-electron chi connectivity index (χ1n) is 5.19. The molecule has 2 aromatic rings. The molecule has 1 heterocycles. The van der Waals surface area contributed by atoms with Crippen LogP contribution < -0.4 is 5.32 Å². The monoisotopic (exact) mass is 233 g/mol. The van der Waals surface area contributed by atoms with Gasteiger partial charge in [0.25, 0.3) is 5.91 Å². The summed E-state index contributed by atoms with van der Waals surface area (Å²) in [5.74, 6) is -0.332. The van der Waals surface area contributed by atoms with Gasteiger partial charge in [-0.15, -0.1) is 0 Å². The van der Waals surface area contributed by atoms with Crippen molar-refractivity contribution in [3.63, 3.8) is 0 Å². The summed E-state index contributed by atoms with van der Waals surface area (Å²) in [5, 5.41) is 2.60. The van der Waals surface area contributed by atoms with E-state index in [4.69, 9.17) is 0 Å². The van der Waals surface area contributed by atoms with Crippen molar-refractivity contribution < 1.29 is 9.18 Å². The van der Waals surface area contributed by atoms with E-state index in [0.717, 1.165) is 5.56 Å². The fourth-order valence-corrected chi connectivity index (χ4v) is 1.47. The molecule has 88 valence electrons. The van der Waals surface area contributed by atoms with Crippen LogP contribution in [0.15, 0.2) is 30.6 Å². The molecule has 17 heavy (non-hydrogen) atoms. The molecule has 5 heteroatoms. The summed E-state index contributed by atoms with van der Waals surface area (Å²) in [5.41, 5.74) is 0.895. The summed E-state index contributed by atoms with van der Waals surface area (Å²) in [6.07, 6.45) is 3.25. The average Bonchev–Trinajstić information content (AvgIpc) is 2.82. The molecule has 0 radical (unpaired) electrons. The SMILES string of the molecule is Cc1ccc(F)c(C(=O)NCc2ncc[nH]2)c1. The van der Waals surface area contributed by atoms with Crippen LogP contribution in [0.2, 0.25) is 0 Å². The Morgan fingerprint density at radius 2 is 2.35 bits per heavy atom. The normalized spacial score (nSPS) is 10.2. The third kappa shape index (κ3) is 2.69. The number of aromatic nitrogens is 2. The molecule has 0 fully saturated rings. The number of hydrogen-bond acceptors (Lipinski definition) is 2. The van der Waals surface area contributed by atoms with Gasteiger partial charge < -0.3 is 10.3 Å². The molecule has 0 saturated carbocycles. The lowest BCUT2D eigenvalue weighted by atomic mass is 10.1. The zero-order chi connectivity index (χ0) is 12.3. The molecule has 1 aromatic carbocycles. The number of imidazole rings is 1. The van der Waals surface area contributed by atoms with Gasteiger partial charge in [-0.05, 0) is 19.1 Å². The Labute approximate surface area is 97.9 Å². The molecule has 0 saturated heterocycles. The van der Waals surface area contributed by atoms with Crippen molar-refractivity contribution in [3.05, 3.63) is 53.4 Å². The third-order valence-corrected chi connectivity index (χ3v) is 2.34. The van der Waals surface area contributed by atoms with E-state index in [1.807, 2.05) is 6.92 Å². The Balaban J connectivity index is 2.07. The van der Waals surface area contributed by atoms with Crippen molar-refractivity contribution in [2.24, 2.45) is 0 Å². The van der Waals surface area contributed by atoms with Crippen LogP contribution >= 0.6 is 0 Å². The quantitative estimate of drug-likeness (QED) is 0.849. The maximum absolute atomic E-state index is 13.4. The number of nitrogens with zero attached hydrogens (tertiary/aromatic N) is 1. The fraction of sp³-hybridized carbons (Fsp3) is 0.167. The maximum atomic E-state index is 13.4. The van der Waals surface area contributed by atoms with Gasteiger partial charge in [0.1, 0.15) is 11.6 Å². The van der Waals surface area contributed by atoms with E-state index in [1.54, 1.807) is 18.5 Å². The minimum Gasteiger partial charge on any atom is -0.347 e. The second-order valence-electron chi connectivity index (χ2n) is 3.70. The number of carbonyl (C=O) groups excluding carboxylic acids is 1. The molecule has 0 aliphatic heterocycles. The number of H-pyrrole nitrogens is 1. The smallest absolute Gasteiger partial charge is 0.254 e. The molecule has 0 aliphatic carbocycles. The Hall–Kier alpha value is -2.17. The Bertz CT molecular complexity index is 523. The molecule has 1 amide bonds. The lowest BCUT2D eigenvalue weighted by Gasteiger charge is -2.05. The van der Waals surface area contributed by atoms with Crippen molar-refractivity contribution in [2.45, 2.75) is 13.5 Å². The van der Waals surface area contributed by atoms with Crippen molar-refractivity contribution in [1.29, 1.82) is 0 Å². The number of halogens is 1. The van der Waals surface area contributed by atoms with Crippen LogP contribution in [0, 0.1) is 12.7 Å². The van der Waals surface area contributed by atoms with Gasteiger partial charge in [0, 0.05) is 12.4 Å². The highest BCUT2D eigenvalue weighted by Gasteiger charge is 2.11. The van der Waals surface area contributed by atoms with Gasteiger partial charge in [0.15, 0.2) is 0 Å². The number of hydrogen-bond donors (Lipinski definition) is 2. The lowest BCUT2D eigenvalue weighted by Crippen LogP contribution is -2.24. The number of aryl methyl sites for hydroxylation is 1. The van der Waals surface area contributed by atoms with Gasteiger partial charge in [-0.25, -0.2) is 9.37 Å². The van der Waals surface area contributed by atoms with Crippen LogP contribution in [-0.2, 0) is 6.54 Å². The number of nitrogens with one attached hydrogen (secondary N) is 2. The van der Waals surface area contributed by atoms with Crippen LogP contribution in [0.3, 0.4) is 0 Å². The van der Waals surface area contributed by atoms with Gasteiger partial charge in [0.05, 0.1) is 12.1 Å². The zero-order valence-electron chi connectivity index (χ0n) is 9.33. The number of rotatable bonds is 3. The summed E-state index contributed by atoms with van der Waals surface area (Å²) < 4.78 is 13.4. The van der Waals surface area contributed by atoms with E-state index >= 15 is 0 Å². The molecule has 0 atom stereocenters. The highest BCUT2D eigenvalue weighted by molar-refractivity contribution is 5.94. The third-order valence-electron chi connectivity index (χ3n) is 2.34. The second-order valence-corrected chi connectivity index (χ2v) is 3.70. The summed E-state index contributed by atoms with van der Waals surface area (Å²) in [7, 11) is 0. The number of amides is 1. The summed E-state index contributed by atoms with van der Waals surface area (Å²) in [6.45, 7) is 2.06. The topological polar surface area (TPSA) is 57.8 Å². The van der Waals surface area contributed by atoms with Gasteiger partial charge in [-0.3, -0.25) is 4.79 Å². The van der Waals surface area contributed by atoms with Crippen molar-refractivity contribution >= 4 is 5.91 Å². The first kappa shape index (κ1) is 11.3. The van der Waals surface area contributed by atoms with Crippen molar-refractivity contribution in [2.75, 3.05) is 0 Å². The number of benzene rings is 1. The molecular weight excluding hydrogens is 221 g/mol. The summed E-state index contributed by atoms with van der Waals surface area (Å²) >= 11 is 0. The fourth-order valence-electron chi connectivity index (χ4n) is 1.47. The molecule has 1 aromatic heterocycles. The van der Waals surface area contributed by atoms with Crippen LogP contribution in [0.4, 0.5) is 4.39 Å². The maximum Gasteiger partial charge on any atom is 0.254 e. The Morgan fingerprint density at radius 1 is 1.53 bits per heavy atom. The molecule has 2 rings (SSSR count). The summed E-state index contributed by atoms with van der Waals surface area (Å²) in [4.78, 5) is 18.5. The number of carbonyl (C=O) groups is 1. The lowest BCUT2D eigenvalue weighted by molar-refractivity contribution is 0.0946. The first-order valence-corrected chi connectivity index (χ1v) is 5.19. The molecule has 2 N–H and O–H groups in total. The van der Waals surface area contributed by atoms with E-state index in [1.165, 1.54) is 12.1 Å². The Morgan fingerprint density at radius 3 is 3.06 bits per heavy atom. The van der Waals surface area contributed by atoms with E-state index < -0.39 is 11.7 Å². The van der Waals surface area contributed by atoms with Crippen molar-refractivity contribution in [1.82, 2.24) is 15.3 Å². The van der Waals surface area contributed by atoms with Gasteiger partial charge >= 0.3 is 0 Å². The van der Waals surface area contributed by atoms with Crippen LogP contribution in [-0.4, -0.2) is 15.9 Å². The van der Waals surface area contributed by atoms with Gasteiger partial charge in [0.2, 0.25) is 0 Å². The van der Waals surface area contributed by atoms with E-state index in [2.05, 4.69) is 15.3 Å². The molecule has 0 bridgehead atoms. The van der Waals surface area contributed by atoms with Crippen LogP contribution in [0.1, 0.15) is 21.7 Å². The first-order chi connectivity index (χ1) is 8.16. The van der Waals surface area contributed by atoms with E-state index in [-0.39, 0.29) is 12.1 Å². The second kappa shape index (κ2) is 4.78. The van der Waals surface area contributed by atoms with E-state index in [0.29, 0.717) is 5.82 Å². The molecule has 0 spiro atoms. The standard InChI is InChI=1S/C12H12FN3O/c1-8-2-3-10(13)9(6-8)12(17)16-7-11-14-4-5-15-11/h2-6H,7H2,1H3,(H,14,15)(H,16,17). The highest BCUT2D eigenvalue weighted by Crippen LogP contribution is 2.09. The van der Waals surface area contributed by atoms with Crippen LogP contribution in [0.5, 0.6) is 0 Å². The van der Waals surface area contributed by atoms with Crippen LogP contribution in [0.25, 0.3) is 0 Å². The molecular formula is C12H12FN3O. The number of aromatic amines is 1. The largest absolute Gasteiger partial charge is 0.347 e. The van der Waals surface area contributed by atoms with Crippen molar-refractivity contribution in [3.8, 4) is 0 Å². The van der Waals surface area contributed by atoms with Gasteiger partial charge in [-0.2, -0.15) is 0 Å². The average molecular weight is 233 g/mol. The highest BCUT2D eigenvalue weighted by atomic mass is 19.1. The predicted molar refractivity (Wildman–Crippen MR) is 60.9 cm³/mol. The summed E-state index contributed by atoms with van der Waals surface area (Å²) in [6, 6.07) is 4.43. The molecule has 4 nitrogen and oxygen atoms in total. The minimum absolute atomic E-state index is 0.0524.